The normalized spacial score (nSPS) is 16.8. The number of rotatable bonds is 6. The molecule has 2 aliphatic carbocycles. The van der Waals surface area contributed by atoms with Crippen LogP contribution in [0.2, 0.25) is 0 Å². The van der Waals surface area contributed by atoms with Crippen molar-refractivity contribution < 1.29 is 9.32 Å². The van der Waals surface area contributed by atoms with E-state index in [0.717, 1.165) is 60.3 Å². The minimum atomic E-state index is -0.0990. The van der Waals surface area contributed by atoms with E-state index < -0.39 is 0 Å². The average molecular weight is 365 g/mol. The summed E-state index contributed by atoms with van der Waals surface area (Å²) in [7, 11) is 0. The highest BCUT2D eigenvalue weighted by molar-refractivity contribution is 6.06. The number of aryl methyl sites for hydroxylation is 1. The van der Waals surface area contributed by atoms with Gasteiger partial charge in [-0.25, -0.2) is 4.98 Å². The highest BCUT2D eigenvalue weighted by Gasteiger charge is 2.34. The van der Waals surface area contributed by atoms with Crippen LogP contribution in [-0.4, -0.2) is 25.8 Å². The zero-order chi connectivity index (χ0) is 18.5. The number of nitrogens with one attached hydrogen (secondary N) is 1. The summed E-state index contributed by atoms with van der Waals surface area (Å²) >= 11 is 0. The van der Waals surface area contributed by atoms with Gasteiger partial charge in [0, 0.05) is 41.9 Å². The monoisotopic (exact) mass is 365 g/mol. The Kier molecular flexibility index (Phi) is 3.77. The number of pyridine rings is 1. The van der Waals surface area contributed by atoms with Crippen LogP contribution in [0.4, 0.5) is 0 Å². The highest BCUT2D eigenvalue weighted by atomic mass is 16.5. The lowest BCUT2D eigenvalue weighted by Crippen LogP contribution is -2.24. The molecular formula is C20H23N5O2. The summed E-state index contributed by atoms with van der Waals surface area (Å²) in [5.74, 6) is 0.745. The fourth-order valence-corrected chi connectivity index (χ4v) is 3.64. The van der Waals surface area contributed by atoms with Gasteiger partial charge in [-0.05, 0) is 45.6 Å². The Labute approximate surface area is 157 Å². The Morgan fingerprint density at radius 3 is 2.74 bits per heavy atom. The second-order valence-electron chi connectivity index (χ2n) is 7.64. The maximum absolute atomic E-state index is 13.1. The highest BCUT2D eigenvalue weighted by Crippen LogP contribution is 2.45. The van der Waals surface area contributed by atoms with Crippen LogP contribution in [0.5, 0.6) is 0 Å². The Morgan fingerprint density at radius 1 is 1.30 bits per heavy atom. The average Bonchev–Trinajstić information content (AvgIpc) is 3.61. The molecule has 1 N–H and O–H groups in total. The van der Waals surface area contributed by atoms with E-state index in [-0.39, 0.29) is 5.91 Å². The molecule has 2 fully saturated rings. The van der Waals surface area contributed by atoms with Crippen molar-refractivity contribution in [2.24, 2.45) is 0 Å². The van der Waals surface area contributed by atoms with Crippen molar-refractivity contribution in [2.45, 2.75) is 64.5 Å². The second-order valence-corrected chi connectivity index (χ2v) is 7.64. The van der Waals surface area contributed by atoms with Crippen molar-refractivity contribution in [3.05, 3.63) is 40.5 Å². The molecule has 0 saturated heterocycles. The van der Waals surface area contributed by atoms with E-state index in [4.69, 9.17) is 4.52 Å². The number of carbonyl (C=O) groups excluding carboxylic acids is 1. The van der Waals surface area contributed by atoms with Crippen LogP contribution in [0.15, 0.2) is 16.8 Å². The molecule has 5 rings (SSSR count). The van der Waals surface area contributed by atoms with Gasteiger partial charge in [-0.1, -0.05) is 5.16 Å². The molecule has 27 heavy (non-hydrogen) atoms. The third kappa shape index (κ3) is 2.91. The smallest absolute Gasteiger partial charge is 0.259 e. The molecule has 0 bridgehead atoms. The number of aromatic nitrogens is 4. The van der Waals surface area contributed by atoms with E-state index in [1.165, 1.54) is 0 Å². The van der Waals surface area contributed by atoms with Crippen LogP contribution < -0.4 is 5.32 Å². The first-order valence-electron chi connectivity index (χ1n) is 9.75. The van der Waals surface area contributed by atoms with Gasteiger partial charge in [0.1, 0.15) is 0 Å². The Balaban J connectivity index is 1.47. The molecule has 0 aliphatic heterocycles. The molecule has 0 unspecified atom stereocenters. The van der Waals surface area contributed by atoms with Crippen molar-refractivity contribution in [3.8, 4) is 0 Å². The lowest BCUT2D eigenvalue weighted by atomic mass is 10.0. The van der Waals surface area contributed by atoms with Crippen LogP contribution in [0, 0.1) is 6.92 Å². The van der Waals surface area contributed by atoms with Crippen molar-refractivity contribution in [2.75, 3.05) is 0 Å². The van der Waals surface area contributed by atoms with Crippen molar-refractivity contribution in [3.63, 3.8) is 0 Å². The summed E-state index contributed by atoms with van der Waals surface area (Å²) in [6, 6.07) is 1.95. The molecule has 7 heteroatoms. The standard InChI is InChI=1S/C20H23N5O2/c1-3-25-11(2)14(10-22-25)9-21-19(26)15-8-16(12-4-5-12)23-20-17(15)18(24-27-20)13-6-7-13/h8,10,12-13H,3-7,9H2,1-2H3,(H,21,26). The number of fused-ring (bicyclic) bond motifs is 1. The molecule has 2 aliphatic rings. The summed E-state index contributed by atoms with van der Waals surface area (Å²) in [5.41, 5.74) is 5.10. The molecule has 3 heterocycles. The first-order chi connectivity index (χ1) is 13.2. The third-order valence-electron chi connectivity index (χ3n) is 5.64. The number of hydrogen-bond donors (Lipinski definition) is 1. The predicted molar refractivity (Wildman–Crippen MR) is 99.6 cm³/mol. The van der Waals surface area contributed by atoms with Crippen LogP contribution >= 0.6 is 0 Å². The predicted octanol–water partition coefficient (Wildman–Crippen LogP) is 3.43. The molecule has 2 saturated carbocycles. The molecule has 140 valence electrons. The molecule has 7 nitrogen and oxygen atoms in total. The first kappa shape index (κ1) is 16.5. The zero-order valence-corrected chi connectivity index (χ0v) is 15.7. The minimum Gasteiger partial charge on any atom is -0.348 e. The quantitative estimate of drug-likeness (QED) is 0.723. The van der Waals surface area contributed by atoms with E-state index in [9.17, 15) is 4.79 Å². The lowest BCUT2D eigenvalue weighted by Gasteiger charge is -2.08. The van der Waals surface area contributed by atoms with Gasteiger partial charge in [0.2, 0.25) is 0 Å². The van der Waals surface area contributed by atoms with Gasteiger partial charge in [-0.2, -0.15) is 5.10 Å². The third-order valence-corrected chi connectivity index (χ3v) is 5.64. The van der Waals surface area contributed by atoms with Gasteiger partial charge in [0.15, 0.2) is 0 Å². The molecule has 3 aromatic rings. The maximum atomic E-state index is 13.1. The van der Waals surface area contributed by atoms with Gasteiger partial charge in [0.25, 0.3) is 11.6 Å². The molecule has 0 aromatic carbocycles. The molecular weight excluding hydrogens is 342 g/mol. The number of hydrogen-bond acceptors (Lipinski definition) is 5. The topological polar surface area (TPSA) is 85.8 Å². The Morgan fingerprint density at radius 2 is 2.07 bits per heavy atom. The first-order valence-corrected chi connectivity index (χ1v) is 9.75. The van der Waals surface area contributed by atoms with E-state index >= 15 is 0 Å². The van der Waals surface area contributed by atoms with Crippen LogP contribution in [0.1, 0.15) is 77.4 Å². The van der Waals surface area contributed by atoms with E-state index in [1.807, 2.05) is 23.9 Å². The maximum Gasteiger partial charge on any atom is 0.259 e. The number of amides is 1. The van der Waals surface area contributed by atoms with Crippen molar-refractivity contribution >= 4 is 17.0 Å². The van der Waals surface area contributed by atoms with Gasteiger partial charge in [0.05, 0.1) is 22.8 Å². The van der Waals surface area contributed by atoms with E-state index in [0.29, 0.717) is 29.7 Å². The zero-order valence-electron chi connectivity index (χ0n) is 15.7. The lowest BCUT2D eigenvalue weighted by molar-refractivity contribution is 0.0952. The van der Waals surface area contributed by atoms with Gasteiger partial charge in [-0.3, -0.25) is 9.48 Å². The van der Waals surface area contributed by atoms with Gasteiger partial charge >= 0.3 is 0 Å². The summed E-state index contributed by atoms with van der Waals surface area (Å²) in [6.07, 6.45) is 6.27. The van der Waals surface area contributed by atoms with Crippen molar-refractivity contribution in [1.29, 1.82) is 0 Å². The van der Waals surface area contributed by atoms with Gasteiger partial charge in [-0.15, -0.1) is 0 Å². The molecule has 0 spiro atoms. The summed E-state index contributed by atoms with van der Waals surface area (Å²) < 4.78 is 7.44. The number of nitrogens with zero attached hydrogens (tertiary/aromatic N) is 4. The largest absolute Gasteiger partial charge is 0.348 e. The molecule has 1 amide bonds. The van der Waals surface area contributed by atoms with Crippen LogP contribution in [0.25, 0.3) is 11.1 Å². The van der Waals surface area contributed by atoms with Crippen LogP contribution in [-0.2, 0) is 13.1 Å². The SMILES string of the molecule is CCn1ncc(CNC(=O)c2cc(C3CC3)nc3onc(C4CC4)c23)c1C. The van der Waals surface area contributed by atoms with Crippen molar-refractivity contribution in [1.82, 2.24) is 25.2 Å². The second kappa shape index (κ2) is 6.18. The number of carbonyl (C=O) groups is 1. The molecule has 0 atom stereocenters. The summed E-state index contributed by atoms with van der Waals surface area (Å²) in [4.78, 5) is 17.7. The van der Waals surface area contributed by atoms with Crippen LogP contribution in [0.3, 0.4) is 0 Å². The summed E-state index contributed by atoms with van der Waals surface area (Å²) in [6.45, 7) is 5.36. The molecule has 3 aromatic heterocycles. The van der Waals surface area contributed by atoms with E-state index in [1.54, 1.807) is 0 Å². The van der Waals surface area contributed by atoms with E-state index in [2.05, 4.69) is 27.5 Å². The Bertz CT molecular complexity index is 1030. The fraction of sp³-hybridized carbons (Fsp3) is 0.500. The molecule has 0 radical (unpaired) electrons. The minimum absolute atomic E-state index is 0.0990. The van der Waals surface area contributed by atoms with Gasteiger partial charge < -0.3 is 9.84 Å². The Hall–Kier alpha value is -2.70. The fourth-order valence-electron chi connectivity index (χ4n) is 3.64. The summed E-state index contributed by atoms with van der Waals surface area (Å²) in [5, 5.41) is 12.4.